The maximum atomic E-state index is 15.0. The Morgan fingerprint density at radius 3 is 1.01 bits per heavy atom. The van der Waals surface area contributed by atoms with Crippen LogP contribution in [0.5, 0.6) is 0 Å². The van der Waals surface area contributed by atoms with Gasteiger partial charge in [0.15, 0.2) is 0 Å². The molecule has 3 saturated heterocycles. The number of rotatable bonds is 20. The number of amides is 11. The van der Waals surface area contributed by atoms with Gasteiger partial charge in [-0.2, -0.15) is 0 Å². The molecule has 3 aliphatic rings. The number of benzene rings is 2. The third kappa shape index (κ3) is 22.7. The third-order valence-corrected chi connectivity index (χ3v) is 16.9. The molecule has 25 nitrogen and oxygen atoms in total. The van der Waals surface area contributed by atoms with Crippen LogP contribution in [0.3, 0.4) is 0 Å². The lowest BCUT2D eigenvalue weighted by molar-refractivity contribution is -0.143. The third-order valence-electron chi connectivity index (χ3n) is 16.9. The molecule has 0 aliphatic carbocycles. The summed E-state index contributed by atoms with van der Waals surface area (Å²) >= 11 is 0. The van der Waals surface area contributed by atoms with Gasteiger partial charge in [0.05, 0.1) is 0 Å². The van der Waals surface area contributed by atoms with Crippen LogP contribution < -0.4 is 65.1 Å². The summed E-state index contributed by atoms with van der Waals surface area (Å²) in [5.41, 5.74) is 19.2. The monoisotopic (exact) mass is 1270 g/mol. The Balaban J connectivity index is 1.60. The van der Waals surface area contributed by atoms with Gasteiger partial charge in [-0.05, 0) is 138 Å². The van der Waals surface area contributed by atoms with Crippen LogP contribution in [0.15, 0.2) is 60.7 Å². The molecular formula is C66H104N14O11. The summed E-state index contributed by atoms with van der Waals surface area (Å²) in [6, 6.07) is 4.64. The normalized spacial score (nSPS) is 26.3. The van der Waals surface area contributed by atoms with Crippen molar-refractivity contribution in [2.75, 3.05) is 32.7 Å². The van der Waals surface area contributed by atoms with Crippen molar-refractivity contribution in [3.8, 4) is 0 Å². The predicted molar refractivity (Wildman–Crippen MR) is 345 cm³/mol. The topological polar surface area (TPSA) is 381 Å². The minimum absolute atomic E-state index is 0.000767. The van der Waals surface area contributed by atoms with E-state index in [9.17, 15) is 43.2 Å². The molecule has 3 aliphatic heterocycles. The Kier molecular flexibility index (Phi) is 30.3. The number of hydrogen-bond acceptors (Lipinski definition) is 14. The Hall–Kier alpha value is -7.51. The summed E-state index contributed by atoms with van der Waals surface area (Å²) in [5.74, 6) is -8.83. The first-order valence-electron chi connectivity index (χ1n) is 32.9. The summed E-state index contributed by atoms with van der Waals surface area (Å²) in [5, 5.41) is 25.7. The van der Waals surface area contributed by atoms with Gasteiger partial charge in [0.1, 0.15) is 66.5 Å². The highest BCUT2D eigenvalue weighted by Gasteiger charge is 2.43. The molecule has 0 aromatic heterocycles. The van der Waals surface area contributed by atoms with Crippen molar-refractivity contribution in [3.05, 3.63) is 71.8 Å². The maximum Gasteiger partial charge on any atom is 0.246 e. The zero-order valence-corrected chi connectivity index (χ0v) is 54.7. The molecule has 0 spiro atoms. The van der Waals surface area contributed by atoms with E-state index in [4.69, 9.17) is 17.2 Å². The molecule has 3 fully saturated rings. The second kappa shape index (κ2) is 37.1. The molecule has 5 rings (SSSR count). The average molecular weight is 1270 g/mol. The minimum atomic E-state index is -1.26. The molecule has 2 aromatic carbocycles. The van der Waals surface area contributed by atoms with Crippen LogP contribution in [0.1, 0.15) is 150 Å². The summed E-state index contributed by atoms with van der Waals surface area (Å²) in [4.78, 5) is 164. The fraction of sp³-hybridized carbons (Fsp3) is 0.652. The molecule has 0 unspecified atom stereocenters. The molecule has 3 heterocycles. The Labute approximate surface area is 536 Å². The molecule has 504 valence electrons. The van der Waals surface area contributed by atoms with Crippen molar-refractivity contribution < 1.29 is 52.7 Å². The van der Waals surface area contributed by atoms with Crippen LogP contribution in [-0.4, -0.2) is 174 Å². The highest BCUT2D eigenvalue weighted by atomic mass is 16.2. The van der Waals surface area contributed by atoms with E-state index in [0.29, 0.717) is 36.8 Å². The van der Waals surface area contributed by atoms with Gasteiger partial charge in [-0.3, -0.25) is 52.7 Å². The minimum Gasteiger partial charge on any atom is -0.343 e. The second-order valence-corrected chi connectivity index (χ2v) is 26.1. The second-order valence-electron chi connectivity index (χ2n) is 26.1. The quantitative estimate of drug-likeness (QED) is 0.0818. The van der Waals surface area contributed by atoms with Crippen LogP contribution in [0.2, 0.25) is 0 Å². The van der Waals surface area contributed by atoms with E-state index in [1.165, 1.54) is 9.80 Å². The SMILES string of the molecule is CC(C)C[C@@H]1NC(=O)[C@H](CCCN)NC(=O)[C@H](CCCCN)NC(=O)[C@H](C(C)C)NC(=O)[C@@H]2CCCN2C(=O)[C@@H](Cc2ccccc2)NC(=O)[C@H](CC(C)C)NC(=O)[C@H](CCCN)NC(=O)[C@H](C(C)C)NC(=O)[C@@H]2CCCN2C(=O)[C@@H](Cc2ccccc2)NC1=O. The summed E-state index contributed by atoms with van der Waals surface area (Å²) < 4.78 is 0. The number of fused-ring (bicyclic) bond motifs is 2. The van der Waals surface area contributed by atoms with E-state index in [1.54, 1.807) is 88.4 Å². The number of nitrogens with one attached hydrogen (secondary N) is 9. The summed E-state index contributed by atoms with van der Waals surface area (Å²) in [7, 11) is 0. The molecule has 11 atom stereocenters. The molecule has 2 aromatic rings. The number of unbranched alkanes of at least 4 members (excludes halogenated alkanes) is 1. The van der Waals surface area contributed by atoms with Crippen LogP contribution in [0.25, 0.3) is 0 Å². The molecule has 11 amide bonds. The van der Waals surface area contributed by atoms with Crippen LogP contribution in [-0.2, 0) is 65.6 Å². The molecule has 0 radical (unpaired) electrons. The van der Waals surface area contributed by atoms with Gasteiger partial charge in [-0.15, -0.1) is 0 Å². The van der Waals surface area contributed by atoms with Crippen molar-refractivity contribution >= 4 is 65.0 Å². The molecule has 15 N–H and O–H groups in total. The highest BCUT2D eigenvalue weighted by Crippen LogP contribution is 2.24. The van der Waals surface area contributed by atoms with E-state index in [0.717, 1.165) is 0 Å². The number of hydrogen-bond donors (Lipinski definition) is 12. The van der Waals surface area contributed by atoms with Gasteiger partial charge in [0, 0.05) is 25.9 Å². The number of nitrogens with two attached hydrogens (primary N) is 3. The highest BCUT2D eigenvalue weighted by molar-refractivity contribution is 6.00. The lowest BCUT2D eigenvalue weighted by Crippen LogP contribution is -2.61. The zero-order chi connectivity index (χ0) is 66.9. The van der Waals surface area contributed by atoms with Gasteiger partial charge in [0.25, 0.3) is 0 Å². The Morgan fingerprint density at radius 1 is 0.374 bits per heavy atom. The smallest absolute Gasteiger partial charge is 0.246 e. The van der Waals surface area contributed by atoms with Gasteiger partial charge in [-0.1, -0.05) is 116 Å². The molecule has 91 heavy (non-hydrogen) atoms. The summed E-state index contributed by atoms with van der Waals surface area (Å²) in [6.07, 6.45) is 3.13. The van der Waals surface area contributed by atoms with Gasteiger partial charge >= 0.3 is 0 Å². The van der Waals surface area contributed by atoms with Crippen molar-refractivity contribution in [1.29, 1.82) is 0 Å². The van der Waals surface area contributed by atoms with E-state index in [-0.39, 0.29) is 115 Å². The predicted octanol–water partition coefficient (Wildman–Crippen LogP) is 0.842. The Bertz CT molecular complexity index is 2750. The zero-order valence-electron chi connectivity index (χ0n) is 54.7. The molecule has 0 bridgehead atoms. The summed E-state index contributed by atoms with van der Waals surface area (Å²) in [6.45, 7) is 15.2. The average Bonchev–Trinajstić information content (AvgIpc) is 2.84. The fourth-order valence-corrected chi connectivity index (χ4v) is 11.9. The Morgan fingerprint density at radius 2 is 0.681 bits per heavy atom. The lowest BCUT2D eigenvalue weighted by atomic mass is 9.99. The first kappa shape index (κ1) is 74.2. The van der Waals surface area contributed by atoms with E-state index >= 15 is 9.59 Å². The van der Waals surface area contributed by atoms with Crippen molar-refractivity contribution in [2.24, 2.45) is 40.9 Å². The molecular weight excluding hydrogens is 1160 g/mol. The molecule has 25 heteroatoms. The number of carbonyl (C=O) groups excluding carboxylic acids is 11. The number of nitrogens with zero attached hydrogens (tertiary/aromatic N) is 2. The number of carbonyl (C=O) groups is 11. The lowest BCUT2D eigenvalue weighted by Gasteiger charge is -2.32. The van der Waals surface area contributed by atoms with Gasteiger partial charge in [0.2, 0.25) is 65.0 Å². The van der Waals surface area contributed by atoms with Crippen molar-refractivity contribution in [2.45, 2.75) is 218 Å². The van der Waals surface area contributed by atoms with Crippen LogP contribution >= 0.6 is 0 Å². The largest absolute Gasteiger partial charge is 0.343 e. The standard InChI is InChI=1S/C66H104N14O11/c1-39(2)35-48-59(84)75-50(37-43-21-11-9-12-22-43)65(90)80-34-20-29-53(80)62(87)78-55(42(7)8)64(89)72-47(27-18-32-69)58(83)74-49(36-40(3)4)60(85)76-51(38-44-23-13-10-14-24-44)66(91)79-33-19-28-52(79)61(86)77-54(41(5)6)63(88)71-45(25-15-16-30-67)56(81)70-46(26-17-31-68)57(82)73-48/h9-14,21-24,39-42,45-55H,15-20,25-38,67-69H2,1-8H3,(H,70,81)(H,71,88)(H,72,89)(H,73,82)(H,74,83)(H,75,84)(H,76,85)(H,77,86)(H,78,87)/t45-,46-,47-,48-,49-,50+,51+,52-,53-,54-,55-/m0/s1. The van der Waals surface area contributed by atoms with Crippen molar-refractivity contribution in [1.82, 2.24) is 57.7 Å². The van der Waals surface area contributed by atoms with Crippen molar-refractivity contribution in [3.63, 3.8) is 0 Å². The maximum absolute atomic E-state index is 15.0. The van der Waals surface area contributed by atoms with Crippen LogP contribution in [0.4, 0.5) is 0 Å². The van der Waals surface area contributed by atoms with E-state index < -0.39 is 143 Å². The fourth-order valence-electron chi connectivity index (χ4n) is 11.9. The van der Waals surface area contributed by atoms with Gasteiger partial charge in [-0.25, -0.2) is 0 Å². The van der Waals surface area contributed by atoms with Crippen LogP contribution in [0, 0.1) is 23.7 Å². The van der Waals surface area contributed by atoms with Gasteiger partial charge < -0.3 is 74.9 Å². The van der Waals surface area contributed by atoms with E-state index in [2.05, 4.69) is 47.9 Å². The van der Waals surface area contributed by atoms with E-state index in [1.807, 2.05) is 27.7 Å². The first-order chi connectivity index (χ1) is 43.4. The first-order valence-corrected chi connectivity index (χ1v) is 32.9. The molecule has 0 saturated carbocycles.